The standard InChI is InChI=1S/C9H10Cl2N2O2S/c10-5-1-6(11)3-7(2-5)16(14,15)13-9-4-8(9)12/h1-3,8-9,13H,4,12H2. The van der Waals surface area contributed by atoms with E-state index in [1.807, 2.05) is 0 Å². The van der Waals surface area contributed by atoms with Crippen LogP contribution in [0, 0.1) is 0 Å². The van der Waals surface area contributed by atoms with Gasteiger partial charge in [-0.1, -0.05) is 23.2 Å². The molecule has 2 unspecified atom stereocenters. The largest absolute Gasteiger partial charge is 0.326 e. The Bertz CT molecular complexity index is 498. The lowest BCUT2D eigenvalue weighted by Gasteiger charge is -2.06. The Kier molecular flexibility index (Phi) is 3.16. The molecule has 2 rings (SSSR count). The third-order valence-electron chi connectivity index (χ3n) is 2.29. The van der Waals surface area contributed by atoms with Crippen molar-refractivity contribution >= 4 is 33.2 Å². The number of halogens is 2. The van der Waals surface area contributed by atoms with Gasteiger partial charge in [0.1, 0.15) is 0 Å². The van der Waals surface area contributed by atoms with Crippen LogP contribution in [0.5, 0.6) is 0 Å². The number of hydrogen-bond donors (Lipinski definition) is 2. The summed E-state index contributed by atoms with van der Waals surface area (Å²) < 4.78 is 26.2. The van der Waals surface area contributed by atoms with Gasteiger partial charge in [-0.2, -0.15) is 0 Å². The van der Waals surface area contributed by atoms with Crippen LogP contribution in [-0.4, -0.2) is 20.5 Å². The second-order valence-corrected chi connectivity index (χ2v) is 6.32. The molecule has 2 atom stereocenters. The summed E-state index contributed by atoms with van der Waals surface area (Å²) in [7, 11) is -3.57. The van der Waals surface area contributed by atoms with Gasteiger partial charge in [-0.15, -0.1) is 0 Å². The van der Waals surface area contributed by atoms with Crippen molar-refractivity contribution in [2.45, 2.75) is 23.4 Å². The van der Waals surface area contributed by atoms with E-state index in [9.17, 15) is 8.42 Å². The Morgan fingerprint density at radius 3 is 2.19 bits per heavy atom. The van der Waals surface area contributed by atoms with Gasteiger partial charge in [-0.3, -0.25) is 0 Å². The zero-order valence-electron chi connectivity index (χ0n) is 8.15. The van der Waals surface area contributed by atoms with Gasteiger partial charge < -0.3 is 5.73 Å². The van der Waals surface area contributed by atoms with Crippen molar-refractivity contribution < 1.29 is 8.42 Å². The van der Waals surface area contributed by atoms with Crippen molar-refractivity contribution in [2.75, 3.05) is 0 Å². The minimum atomic E-state index is -3.57. The Morgan fingerprint density at radius 1 is 1.25 bits per heavy atom. The minimum Gasteiger partial charge on any atom is -0.326 e. The van der Waals surface area contributed by atoms with Gasteiger partial charge >= 0.3 is 0 Å². The molecular weight excluding hydrogens is 271 g/mol. The zero-order chi connectivity index (χ0) is 11.9. The van der Waals surface area contributed by atoms with Crippen LogP contribution in [0.4, 0.5) is 0 Å². The number of nitrogens with two attached hydrogens (primary N) is 1. The van der Waals surface area contributed by atoms with Gasteiger partial charge in [0, 0.05) is 22.1 Å². The fraction of sp³-hybridized carbons (Fsp3) is 0.333. The Morgan fingerprint density at radius 2 is 1.75 bits per heavy atom. The van der Waals surface area contributed by atoms with Crippen LogP contribution in [0.25, 0.3) is 0 Å². The Labute approximate surface area is 104 Å². The summed E-state index contributed by atoms with van der Waals surface area (Å²) in [6.45, 7) is 0. The number of rotatable bonds is 3. The van der Waals surface area contributed by atoms with Gasteiger partial charge in [-0.25, -0.2) is 13.1 Å². The van der Waals surface area contributed by atoms with Crippen molar-refractivity contribution in [1.82, 2.24) is 4.72 Å². The van der Waals surface area contributed by atoms with E-state index in [1.165, 1.54) is 18.2 Å². The second-order valence-electron chi connectivity index (χ2n) is 3.73. The SMILES string of the molecule is NC1CC1NS(=O)(=O)c1cc(Cl)cc(Cl)c1. The number of sulfonamides is 1. The van der Waals surface area contributed by atoms with Crippen LogP contribution >= 0.6 is 23.2 Å². The molecule has 0 spiro atoms. The van der Waals surface area contributed by atoms with E-state index >= 15 is 0 Å². The molecule has 4 nitrogen and oxygen atoms in total. The average Bonchev–Trinajstić information content (AvgIpc) is 2.78. The molecule has 1 aliphatic carbocycles. The lowest BCUT2D eigenvalue weighted by atomic mass is 10.4. The predicted molar refractivity (Wildman–Crippen MR) is 63.2 cm³/mol. The third-order valence-corrected chi connectivity index (χ3v) is 4.20. The molecule has 0 heterocycles. The first-order valence-electron chi connectivity index (χ1n) is 4.62. The van der Waals surface area contributed by atoms with E-state index in [1.54, 1.807) is 0 Å². The number of hydrogen-bond acceptors (Lipinski definition) is 3. The summed E-state index contributed by atoms with van der Waals surface area (Å²) >= 11 is 11.5. The van der Waals surface area contributed by atoms with E-state index in [2.05, 4.69) is 4.72 Å². The lowest BCUT2D eigenvalue weighted by Crippen LogP contribution is -2.29. The van der Waals surface area contributed by atoms with Crippen LogP contribution in [0.2, 0.25) is 10.0 Å². The van der Waals surface area contributed by atoms with Crippen molar-refractivity contribution in [3.05, 3.63) is 28.2 Å². The molecule has 88 valence electrons. The summed E-state index contributed by atoms with van der Waals surface area (Å²) in [5.41, 5.74) is 5.53. The van der Waals surface area contributed by atoms with Crippen molar-refractivity contribution in [3.63, 3.8) is 0 Å². The quantitative estimate of drug-likeness (QED) is 0.879. The van der Waals surface area contributed by atoms with Crippen molar-refractivity contribution in [1.29, 1.82) is 0 Å². The number of nitrogens with one attached hydrogen (secondary N) is 1. The van der Waals surface area contributed by atoms with Crippen LogP contribution in [0.15, 0.2) is 23.1 Å². The summed E-state index contributed by atoms with van der Waals surface area (Å²) in [5.74, 6) is 0. The minimum absolute atomic E-state index is 0.0594. The molecule has 1 fully saturated rings. The molecular formula is C9H10Cl2N2O2S. The van der Waals surface area contributed by atoms with Crippen molar-refractivity contribution in [2.24, 2.45) is 5.73 Å². The molecule has 0 aromatic heterocycles. The van der Waals surface area contributed by atoms with Crippen molar-refractivity contribution in [3.8, 4) is 0 Å². The van der Waals surface area contributed by atoms with Crippen LogP contribution in [0.1, 0.15) is 6.42 Å². The Balaban J connectivity index is 2.28. The molecule has 0 saturated heterocycles. The number of benzene rings is 1. The molecule has 7 heteroatoms. The normalized spacial score (nSPS) is 24.4. The maximum Gasteiger partial charge on any atom is 0.240 e. The molecule has 1 saturated carbocycles. The van der Waals surface area contributed by atoms with Gasteiger partial charge in [0.25, 0.3) is 0 Å². The first-order valence-corrected chi connectivity index (χ1v) is 6.86. The van der Waals surface area contributed by atoms with E-state index in [-0.39, 0.29) is 27.0 Å². The van der Waals surface area contributed by atoms with E-state index in [0.29, 0.717) is 6.42 Å². The van der Waals surface area contributed by atoms with E-state index < -0.39 is 10.0 Å². The smallest absolute Gasteiger partial charge is 0.240 e. The fourth-order valence-corrected chi connectivity index (χ4v) is 3.33. The van der Waals surface area contributed by atoms with Crippen LogP contribution in [0.3, 0.4) is 0 Å². The topological polar surface area (TPSA) is 72.2 Å². The second kappa shape index (κ2) is 4.16. The molecule has 0 amide bonds. The molecule has 1 aliphatic rings. The predicted octanol–water partition coefficient (Wildman–Crippen LogP) is 1.37. The lowest BCUT2D eigenvalue weighted by molar-refractivity contribution is 0.580. The van der Waals surface area contributed by atoms with Gasteiger partial charge in [0.05, 0.1) is 4.90 Å². The van der Waals surface area contributed by atoms with Gasteiger partial charge in [0.2, 0.25) is 10.0 Å². The van der Waals surface area contributed by atoms with Gasteiger partial charge in [-0.05, 0) is 24.6 Å². The summed E-state index contributed by atoms with van der Waals surface area (Å²) in [4.78, 5) is 0.0594. The van der Waals surface area contributed by atoms with Crippen LogP contribution in [-0.2, 0) is 10.0 Å². The van der Waals surface area contributed by atoms with Gasteiger partial charge in [0.15, 0.2) is 0 Å². The average molecular weight is 281 g/mol. The molecule has 16 heavy (non-hydrogen) atoms. The Hall–Kier alpha value is -0.330. The zero-order valence-corrected chi connectivity index (χ0v) is 10.5. The molecule has 1 aromatic carbocycles. The molecule has 3 N–H and O–H groups in total. The van der Waals surface area contributed by atoms with E-state index in [0.717, 1.165) is 0 Å². The molecule has 0 radical (unpaired) electrons. The maximum atomic E-state index is 11.8. The highest BCUT2D eigenvalue weighted by molar-refractivity contribution is 7.89. The molecule has 1 aromatic rings. The third kappa shape index (κ3) is 2.67. The summed E-state index contributed by atoms with van der Waals surface area (Å²) in [6.07, 6.45) is 0.660. The first kappa shape index (κ1) is 12.1. The monoisotopic (exact) mass is 280 g/mol. The first-order chi connectivity index (χ1) is 7.38. The summed E-state index contributed by atoms with van der Waals surface area (Å²) in [5, 5.41) is 0.570. The molecule has 0 bridgehead atoms. The summed E-state index contributed by atoms with van der Waals surface area (Å²) in [6, 6.07) is 3.91. The maximum absolute atomic E-state index is 11.8. The highest BCUT2D eigenvalue weighted by Crippen LogP contribution is 2.25. The fourth-order valence-electron chi connectivity index (χ4n) is 1.30. The molecule has 0 aliphatic heterocycles. The van der Waals surface area contributed by atoms with Crippen LogP contribution < -0.4 is 10.5 Å². The highest BCUT2D eigenvalue weighted by Gasteiger charge is 2.37. The van der Waals surface area contributed by atoms with E-state index in [4.69, 9.17) is 28.9 Å². The highest BCUT2D eigenvalue weighted by atomic mass is 35.5.